The molecule has 0 aromatic rings. The van der Waals surface area contributed by atoms with Gasteiger partial charge in [-0.15, -0.1) is 0 Å². The van der Waals surface area contributed by atoms with E-state index in [-0.39, 0.29) is 12.5 Å². The Morgan fingerprint density at radius 3 is 2.74 bits per heavy atom. The van der Waals surface area contributed by atoms with Crippen molar-refractivity contribution < 1.29 is 22.7 Å². The summed E-state index contributed by atoms with van der Waals surface area (Å²) in [6.07, 6.45) is -1.45. The Hall–Kier alpha value is -0.820. The SMILES string of the molecule is CCC1CN(CCNC(=O)[C@@H]2CCCC[C@H]2C(F)(F)F)CCO1. The molecular formula is C16H27F3N2O2. The molecule has 23 heavy (non-hydrogen) atoms. The van der Waals surface area contributed by atoms with E-state index in [4.69, 9.17) is 4.74 Å². The summed E-state index contributed by atoms with van der Waals surface area (Å²) in [4.78, 5) is 14.4. The molecule has 1 unspecified atom stereocenters. The molecule has 134 valence electrons. The van der Waals surface area contributed by atoms with Crippen LogP contribution in [-0.2, 0) is 9.53 Å². The predicted molar refractivity (Wildman–Crippen MR) is 81.0 cm³/mol. The number of hydrogen-bond acceptors (Lipinski definition) is 3. The second kappa shape index (κ2) is 8.33. The van der Waals surface area contributed by atoms with E-state index < -0.39 is 23.9 Å². The van der Waals surface area contributed by atoms with E-state index in [0.717, 1.165) is 19.5 Å². The molecule has 0 aromatic heterocycles. The Kier molecular flexibility index (Phi) is 6.71. The van der Waals surface area contributed by atoms with E-state index in [0.29, 0.717) is 39.0 Å². The van der Waals surface area contributed by atoms with Crippen LogP contribution in [0, 0.1) is 11.8 Å². The number of halogens is 3. The third-order valence-corrected chi connectivity index (χ3v) is 4.93. The van der Waals surface area contributed by atoms with Crippen molar-refractivity contribution in [1.29, 1.82) is 0 Å². The molecule has 4 nitrogen and oxygen atoms in total. The molecule has 1 saturated heterocycles. The van der Waals surface area contributed by atoms with Gasteiger partial charge in [-0.1, -0.05) is 19.8 Å². The number of nitrogens with one attached hydrogen (secondary N) is 1. The van der Waals surface area contributed by atoms with Crippen molar-refractivity contribution in [2.24, 2.45) is 11.8 Å². The van der Waals surface area contributed by atoms with Crippen LogP contribution in [0.3, 0.4) is 0 Å². The number of morpholine rings is 1. The maximum absolute atomic E-state index is 13.0. The van der Waals surface area contributed by atoms with Crippen molar-refractivity contribution in [1.82, 2.24) is 10.2 Å². The van der Waals surface area contributed by atoms with E-state index in [1.807, 2.05) is 0 Å². The number of rotatable bonds is 5. The van der Waals surface area contributed by atoms with Gasteiger partial charge in [0.25, 0.3) is 0 Å². The number of carbonyl (C=O) groups excluding carboxylic acids is 1. The average Bonchev–Trinajstić information content (AvgIpc) is 2.54. The van der Waals surface area contributed by atoms with E-state index >= 15 is 0 Å². The maximum Gasteiger partial charge on any atom is 0.392 e. The van der Waals surface area contributed by atoms with Crippen LogP contribution < -0.4 is 5.32 Å². The minimum absolute atomic E-state index is 0.0726. The highest BCUT2D eigenvalue weighted by atomic mass is 19.4. The number of ether oxygens (including phenoxy) is 1. The standard InChI is InChI=1S/C16H27F3N2O2/c1-2-12-11-21(9-10-23-12)8-7-20-15(22)13-5-3-4-6-14(13)16(17,18)19/h12-14H,2-11H2,1H3,(H,20,22)/t12?,13-,14-/m1/s1. The molecule has 0 radical (unpaired) electrons. The van der Waals surface area contributed by atoms with Gasteiger partial charge >= 0.3 is 6.18 Å². The van der Waals surface area contributed by atoms with Crippen LogP contribution in [0.4, 0.5) is 13.2 Å². The van der Waals surface area contributed by atoms with Crippen molar-refractivity contribution >= 4 is 5.91 Å². The summed E-state index contributed by atoms with van der Waals surface area (Å²) >= 11 is 0. The lowest BCUT2D eigenvalue weighted by Crippen LogP contribution is -2.47. The Balaban J connectivity index is 1.77. The van der Waals surface area contributed by atoms with Gasteiger partial charge in [0, 0.05) is 32.1 Å². The Morgan fingerprint density at radius 1 is 1.30 bits per heavy atom. The Bertz CT molecular complexity index is 390. The molecule has 2 rings (SSSR count). The van der Waals surface area contributed by atoms with E-state index in [1.165, 1.54) is 0 Å². The van der Waals surface area contributed by atoms with Gasteiger partial charge in [-0.2, -0.15) is 13.2 Å². The van der Waals surface area contributed by atoms with Gasteiger partial charge in [-0.25, -0.2) is 0 Å². The first kappa shape index (κ1) is 18.5. The third kappa shape index (κ3) is 5.35. The Labute approximate surface area is 135 Å². The summed E-state index contributed by atoms with van der Waals surface area (Å²) in [5.41, 5.74) is 0. The van der Waals surface area contributed by atoms with Crippen molar-refractivity contribution in [2.75, 3.05) is 32.8 Å². The van der Waals surface area contributed by atoms with Crippen molar-refractivity contribution in [3.05, 3.63) is 0 Å². The number of nitrogens with zero attached hydrogens (tertiary/aromatic N) is 1. The molecule has 1 aliphatic heterocycles. The quantitative estimate of drug-likeness (QED) is 0.839. The van der Waals surface area contributed by atoms with Gasteiger partial charge in [0.2, 0.25) is 5.91 Å². The lowest BCUT2D eigenvalue weighted by molar-refractivity contribution is -0.198. The summed E-state index contributed by atoms with van der Waals surface area (Å²) in [5, 5.41) is 2.71. The molecule has 1 N–H and O–H groups in total. The van der Waals surface area contributed by atoms with Gasteiger partial charge < -0.3 is 10.1 Å². The van der Waals surface area contributed by atoms with Crippen molar-refractivity contribution in [3.63, 3.8) is 0 Å². The molecule has 3 atom stereocenters. The first-order valence-corrected chi connectivity index (χ1v) is 8.60. The lowest BCUT2D eigenvalue weighted by atomic mass is 9.78. The molecule has 1 heterocycles. The van der Waals surface area contributed by atoms with Crippen LogP contribution in [-0.4, -0.2) is 55.9 Å². The van der Waals surface area contributed by atoms with Crippen molar-refractivity contribution in [2.45, 2.75) is 51.3 Å². The van der Waals surface area contributed by atoms with Crippen LogP contribution in [0.2, 0.25) is 0 Å². The average molecular weight is 336 g/mol. The summed E-state index contributed by atoms with van der Waals surface area (Å²) < 4.78 is 44.7. The molecule has 1 aliphatic carbocycles. The molecule has 2 aliphatic rings. The highest BCUT2D eigenvalue weighted by molar-refractivity contribution is 5.79. The van der Waals surface area contributed by atoms with E-state index in [9.17, 15) is 18.0 Å². The lowest BCUT2D eigenvalue weighted by Gasteiger charge is -2.33. The zero-order valence-corrected chi connectivity index (χ0v) is 13.7. The molecule has 0 aromatic carbocycles. The first-order valence-electron chi connectivity index (χ1n) is 8.60. The Morgan fingerprint density at radius 2 is 2.04 bits per heavy atom. The number of hydrogen-bond donors (Lipinski definition) is 1. The summed E-state index contributed by atoms with van der Waals surface area (Å²) in [7, 11) is 0. The molecular weight excluding hydrogens is 309 g/mol. The highest BCUT2D eigenvalue weighted by Gasteiger charge is 2.47. The smallest absolute Gasteiger partial charge is 0.376 e. The zero-order valence-electron chi connectivity index (χ0n) is 13.7. The van der Waals surface area contributed by atoms with Gasteiger partial charge in [0.15, 0.2) is 0 Å². The van der Waals surface area contributed by atoms with Gasteiger partial charge in [0.1, 0.15) is 0 Å². The van der Waals surface area contributed by atoms with Crippen LogP contribution >= 0.6 is 0 Å². The fourth-order valence-electron chi connectivity index (χ4n) is 3.54. The van der Waals surface area contributed by atoms with Gasteiger partial charge in [0.05, 0.1) is 18.6 Å². The summed E-state index contributed by atoms with van der Waals surface area (Å²) in [6.45, 7) is 5.43. The largest absolute Gasteiger partial charge is 0.392 e. The second-order valence-corrected chi connectivity index (χ2v) is 6.53. The third-order valence-electron chi connectivity index (χ3n) is 4.93. The fraction of sp³-hybridized carbons (Fsp3) is 0.938. The molecule has 1 saturated carbocycles. The molecule has 2 fully saturated rings. The fourth-order valence-corrected chi connectivity index (χ4v) is 3.54. The number of carbonyl (C=O) groups is 1. The predicted octanol–water partition coefficient (Wildman–Crippen LogP) is 2.58. The van der Waals surface area contributed by atoms with Crippen LogP contribution in [0.1, 0.15) is 39.0 Å². The summed E-state index contributed by atoms with van der Waals surface area (Å²) in [5.74, 6) is -2.84. The first-order chi connectivity index (χ1) is 10.9. The zero-order chi connectivity index (χ0) is 16.9. The van der Waals surface area contributed by atoms with Gasteiger partial charge in [-0.3, -0.25) is 9.69 Å². The number of amides is 1. The maximum atomic E-state index is 13.0. The van der Waals surface area contributed by atoms with Gasteiger partial charge in [-0.05, 0) is 19.3 Å². The van der Waals surface area contributed by atoms with Crippen LogP contribution in [0.5, 0.6) is 0 Å². The molecule has 1 amide bonds. The molecule has 7 heteroatoms. The van der Waals surface area contributed by atoms with E-state index in [1.54, 1.807) is 0 Å². The highest BCUT2D eigenvalue weighted by Crippen LogP contribution is 2.41. The van der Waals surface area contributed by atoms with Crippen molar-refractivity contribution in [3.8, 4) is 0 Å². The summed E-state index contributed by atoms with van der Waals surface area (Å²) in [6, 6.07) is 0. The van der Waals surface area contributed by atoms with Crippen LogP contribution in [0.15, 0.2) is 0 Å². The minimum atomic E-state index is -4.28. The normalized spacial score (nSPS) is 30.2. The topological polar surface area (TPSA) is 41.6 Å². The van der Waals surface area contributed by atoms with Crippen LogP contribution in [0.25, 0.3) is 0 Å². The minimum Gasteiger partial charge on any atom is -0.376 e. The number of alkyl halides is 3. The molecule has 0 spiro atoms. The van der Waals surface area contributed by atoms with E-state index in [2.05, 4.69) is 17.1 Å². The second-order valence-electron chi connectivity index (χ2n) is 6.53. The molecule has 0 bridgehead atoms. The monoisotopic (exact) mass is 336 g/mol.